The summed E-state index contributed by atoms with van der Waals surface area (Å²) in [7, 11) is 0. The van der Waals surface area contributed by atoms with Crippen molar-refractivity contribution in [3.8, 4) is 5.75 Å². The molecule has 1 saturated heterocycles. The van der Waals surface area contributed by atoms with E-state index in [1.54, 1.807) is 47.4 Å². The summed E-state index contributed by atoms with van der Waals surface area (Å²) in [6, 6.07) is 24.0. The fraction of sp³-hybridized carbons (Fsp3) is 0.192. The first-order valence-corrected chi connectivity index (χ1v) is 12.2. The zero-order chi connectivity index (χ0) is 23.9. The second kappa shape index (κ2) is 11.2. The van der Waals surface area contributed by atoms with Gasteiger partial charge in [-0.1, -0.05) is 59.8 Å². The number of hydrogen-bond acceptors (Lipinski definition) is 5. The molecule has 1 aliphatic heterocycles. The van der Waals surface area contributed by atoms with Gasteiger partial charge in [0.2, 0.25) is 11.8 Å². The molecular formula is C26H24ClN3O3S. The lowest BCUT2D eigenvalue weighted by Gasteiger charge is -2.32. The second-order valence-corrected chi connectivity index (χ2v) is 9.20. The third-order valence-corrected chi connectivity index (χ3v) is 6.50. The van der Waals surface area contributed by atoms with Gasteiger partial charge in [0.25, 0.3) is 0 Å². The Morgan fingerprint density at radius 1 is 1.12 bits per heavy atom. The number of thioether (sulfide) groups is 1. The van der Waals surface area contributed by atoms with E-state index in [1.165, 1.54) is 11.8 Å². The van der Waals surface area contributed by atoms with E-state index in [4.69, 9.17) is 16.3 Å². The van der Waals surface area contributed by atoms with E-state index in [2.05, 4.69) is 10.3 Å². The molecule has 0 radical (unpaired) electrons. The molecule has 6 nitrogen and oxygen atoms in total. The van der Waals surface area contributed by atoms with Crippen molar-refractivity contribution in [3.63, 3.8) is 0 Å². The van der Waals surface area contributed by atoms with E-state index < -0.39 is 5.25 Å². The van der Waals surface area contributed by atoms with Gasteiger partial charge in [0.05, 0.1) is 18.8 Å². The molecule has 0 spiro atoms. The highest BCUT2D eigenvalue weighted by Gasteiger charge is 2.36. The van der Waals surface area contributed by atoms with Crippen molar-refractivity contribution in [2.45, 2.75) is 25.1 Å². The molecule has 8 heteroatoms. The number of carbonyl (C=O) groups excluding carboxylic acids is 2. The van der Waals surface area contributed by atoms with Crippen molar-refractivity contribution >= 4 is 51.7 Å². The van der Waals surface area contributed by atoms with Crippen LogP contribution in [0.3, 0.4) is 0 Å². The zero-order valence-electron chi connectivity index (χ0n) is 18.6. The number of nitrogens with zero attached hydrogens (tertiary/aromatic N) is 2. The highest BCUT2D eigenvalue weighted by Crippen LogP contribution is 2.31. The minimum Gasteiger partial charge on any atom is -0.494 e. The number of aliphatic imine (C=N–C) groups is 1. The van der Waals surface area contributed by atoms with Gasteiger partial charge in [-0.3, -0.25) is 14.5 Å². The molecule has 4 rings (SSSR count). The van der Waals surface area contributed by atoms with E-state index in [0.29, 0.717) is 34.7 Å². The molecule has 1 aliphatic rings. The lowest BCUT2D eigenvalue weighted by Crippen LogP contribution is -2.44. The summed E-state index contributed by atoms with van der Waals surface area (Å²) in [6.45, 7) is 2.86. The highest BCUT2D eigenvalue weighted by molar-refractivity contribution is 8.15. The van der Waals surface area contributed by atoms with Crippen LogP contribution in [0, 0.1) is 0 Å². The van der Waals surface area contributed by atoms with E-state index in [1.807, 2.05) is 43.3 Å². The summed E-state index contributed by atoms with van der Waals surface area (Å²) in [5.41, 5.74) is 2.24. The average Bonchev–Trinajstić information content (AvgIpc) is 2.83. The Labute approximate surface area is 208 Å². The Morgan fingerprint density at radius 2 is 1.88 bits per heavy atom. The molecule has 0 saturated carbocycles. The number of carbonyl (C=O) groups is 2. The van der Waals surface area contributed by atoms with Gasteiger partial charge >= 0.3 is 0 Å². The molecule has 1 N–H and O–H groups in total. The number of amidine groups is 1. The number of amides is 2. The minimum atomic E-state index is -0.607. The smallest absolute Gasteiger partial charge is 0.238 e. The highest BCUT2D eigenvalue weighted by atomic mass is 35.5. The van der Waals surface area contributed by atoms with Crippen LogP contribution in [0.15, 0.2) is 83.9 Å². The lowest BCUT2D eigenvalue weighted by atomic mass is 10.2. The monoisotopic (exact) mass is 493 g/mol. The zero-order valence-corrected chi connectivity index (χ0v) is 20.2. The largest absolute Gasteiger partial charge is 0.494 e. The maximum atomic E-state index is 13.2. The van der Waals surface area contributed by atoms with E-state index in [-0.39, 0.29) is 18.2 Å². The summed E-state index contributed by atoms with van der Waals surface area (Å²) >= 11 is 7.41. The van der Waals surface area contributed by atoms with Crippen LogP contribution >= 0.6 is 23.4 Å². The molecule has 3 aromatic rings. The summed E-state index contributed by atoms with van der Waals surface area (Å²) < 4.78 is 5.44. The van der Waals surface area contributed by atoms with Gasteiger partial charge in [0.15, 0.2) is 5.17 Å². The fourth-order valence-corrected chi connectivity index (χ4v) is 4.73. The molecule has 34 heavy (non-hydrogen) atoms. The number of hydrogen-bond donors (Lipinski definition) is 1. The van der Waals surface area contributed by atoms with Gasteiger partial charge < -0.3 is 10.1 Å². The normalized spacial score (nSPS) is 17.0. The SMILES string of the molecule is CCOc1ccc(NC(=O)C2CC(=O)N(Cc3ccccc3)C(=Nc3cccc(Cl)c3)S2)cc1. The predicted molar refractivity (Wildman–Crippen MR) is 138 cm³/mol. The van der Waals surface area contributed by atoms with Crippen LogP contribution in [0.1, 0.15) is 18.9 Å². The summed E-state index contributed by atoms with van der Waals surface area (Å²) in [5.74, 6) is 0.325. The molecule has 1 atom stereocenters. The van der Waals surface area contributed by atoms with Crippen LogP contribution in [-0.2, 0) is 16.1 Å². The molecule has 0 aliphatic carbocycles. The van der Waals surface area contributed by atoms with Crippen LogP contribution in [0.4, 0.5) is 11.4 Å². The fourth-order valence-electron chi connectivity index (χ4n) is 3.44. The van der Waals surface area contributed by atoms with Gasteiger partial charge in [-0.25, -0.2) is 4.99 Å². The van der Waals surface area contributed by atoms with Crippen molar-refractivity contribution in [2.75, 3.05) is 11.9 Å². The Balaban J connectivity index is 1.55. The summed E-state index contributed by atoms with van der Waals surface area (Å²) in [4.78, 5) is 32.5. The first kappa shape index (κ1) is 23.9. The molecule has 1 fully saturated rings. The topological polar surface area (TPSA) is 71.0 Å². The number of halogens is 1. The van der Waals surface area contributed by atoms with Crippen LogP contribution in [-0.4, -0.2) is 33.7 Å². The Hall–Kier alpha value is -3.29. The minimum absolute atomic E-state index is 0.0783. The third kappa shape index (κ3) is 6.18. The standard InChI is InChI=1S/C26H24ClN3O3S/c1-2-33-22-13-11-20(12-14-22)28-25(32)23-16-24(31)30(17-18-7-4-3-5-8-18)26(34-23)29-21-10-6-9-19(27)15-21/h3-15,23H,2,16-17H2,1H3,(H,28,32). The number of benzene rings is 3. The first-order chi connectivity index (χ1) is 16.5. The van der Waals surface area contributed by atoms with Crippen molar-refractivity contribution in [2.24, 2.45) is 4.99 Å². The van der Waals surface area contributed by atoms with Gasteiger partial charge in [-0.2, -0.15) is 0 Å². The van der Waals surface area contributed by atoms with E-state index in [9.17, 15) is 9.59 Å². The maximum absolute atomic E-state index is 13.2. The quantitative estimate of drug-likeness (QED) is 0.445. The van der Waals surface area contributed by atoms with Crippen molar-refractivity contribution in [3.05, 3.63) is 89.4 Å². The molecule has 0 aromatic heterocycles. The predicted octanol–water partition coefficient (Wildman–Crippen LogP) is 5.90. The Morgan fingerprint density at radius 3 is 2.59 bits per heavy atom. The van der Waals surface area contributed by atoms with Gasteiger partial charge in [-0.15, -0.1) is 0 Å². The molecular weight excluding hydrogens is 470 g/mol. The second-order valence-electron chi connectivity index (χ2n) is 7.60. The van der Waals surface area contributed by atoms with Crippen LogP contribution in [0.2, 0.25) is 5.02 Å². The first-order valence-electron chi connectivity index (χ1n) is 10.9. The summed E-state index contributed by atoms with van der Waals surface area (Å²) in [6.07, 6.45) is 0.0783. The molecule has 2 amide bonds. The number of nitrogens with one attached hydrogen (secondary N) is 1. The number of ether oxygens (including phenoxy) is 1. The molecule has 1 heterocycles. The lowest BCUT2D eigenvalue weighted by molar-refractivity contribution is -0.129. The molecule has 1 unspecified atom stereocenters. The van der Waals surface area contributed by atoms with Gasteiger partial charge in [0, 0.05) is 17.1 Å². The number of anilines is 1. The molecule has 3 aromatic carbocycles. The maximum Gasteiger partial charge on any atom is 0.238 e. The number of rotatable bonds is 7. The Kier molecular flexibility index (Phi) is 7.87. The molecule has 0 bridgehead atoms. The van der Waals surface area contributed by atoms with Gasteiger partial charge in [-0.05, 0) is 55.0 Å². The van der Waals surface area contributed by atoms with Gasteiger partial charge in [0.1, 0.15) is 11.0 Å². The molecule has 174 valence electrons. The van der Waals surface area contributed by atoms with Crippen LogP contribution in [0.25, 0.3) is 0 Å². The van der Waals surface area contributed by atoms with Crippen LogP contribution in [0.5, 0.6) is 5.75 Å². The van der Waals surface area contributed by atoms with Crippen molar-refractivity contribution < 1.29 is 14.3 Å². The van der Waals surface area contributed by atoms with Crippen molar-refractivity contribution in [1.29, 1.82) is 0 Å². The third-order valence-electron chi connectivity index (χ3n) is 5.08. The summed E-state index contributed by atoms with van der Waals surface area (Å²) in [5, 5.41) is 3.31. The van der Waals surface area contributed by atoms with Crippen molar-refractivity contribution in [1.82, 2.24) is 4.90 Å². The van der Waals surface area contributed by atoms with E-state index >= 15 is 0 Å². The average molecular weight is 494 g/mol. The Bertz CT molecular complexity index is 1190. The van der Waals surface area contributed by atoms with Crippen LogP contribution < -0.4 is 10.1 Å². The van der Waals surface area contributed by atoms with E-state index in [0.717, 1.165) is 11.3 Å².